The number of aromatic nitrogens is 1. The van der Waals surface area contributed by atoms with Gasteiger partial charge in [-0.05, 0) is 25.0 Å². The van der Waals surface area contributed by atoms with Crippen molar-refractivity contribution in [3.8, 4) is 0 Å². The molecule has 0 unspecified atom stereocenters. The van der Waals surface area contributed by atoms with Crippen molar-refractivity contribution in [2.24, 2.45) is 5.92 Å². The Morgan fingerprint density at radius 3 is 2.77 bits per heavy atom. The predicted octanol–water partition coefficient (Wildman–Crippen LogP) is 3.65. The second-order valence-corrected chi connectivity index (χ2v) is 8.09. The molecule has 0 fully saturated rings. The van der Waals surface area contributed by atoms with Gasteiger partial charge in [-0.15, -0.1) is 11.3 Å². The van der Waals surface area contributed by atoms with Gasteiger partial charge in [-0.3, -0.25) is 14.9 Å². The van der Waals surface area contributed by atoms with Gasteiger partial charge < -0.3 is 10.4 Å². The van der Waals surface area contributed by atoms with Gasteiger partial charge >= 0.3 is 0 Å². The minimum atomic E-state index is -0.502. The van der Waals surface area contributed by atoms with Gasteiger partial charge in [-0.1, -0.05) is 32.0 Å². The normalized spacial score (nSPS) is 13.2. The summed E-state index contributed by atoms with van der Waals surface area (Å²) in [5.74, 6) is -0.337. The van der Waals surface area contributed by atoms with E-state index in [9.17, 15) is 20.0 Å². The number of aliphatic hydroxyl groups excluding tert-OH is 1. The second-order valence-electron chi connectivity index (χ2n) is 5.94. The lowest BCUT2D eigenvalue weighted by molar-refractivity contribution is -0.387. The predicted molar refractivity (Wildman–Crippen MR) is 102 cm³/mol. The molecule has 140 valence electrons. The largest absolute Gasteiger partial charge is 0.394 e. The molecule has 2 aromatic rings. The molecule has 2 rings (SSSR count). The topological polar surface area (TPSA) is 105 Å². The molecule has 1 amide bonds. The molecular formula is C17H21N3O4S2. The second kappa shape index (κ2) is 9.11. The molecule has 1 aromatic carbocycles. The van der Waals surface area contributed by atoms with Gasteiger partial charge in [0.25, 0.3) is 11.6 Å². The number of carbonyl (C=O) groups excluding carboxylic acids is 1. The number of hydrogen-bond acceptors (Lipinski definition) is 7. The molecule has 1 heterocycles. The maximum Gasteiger partial charge on any atom is 0.284 e. The monoisotopic (exact) mass is 395 g/mol. The molecule has 0 aliphatic carbocycles. The summed E-state index contributed by atoms with van der Waals surface area (Å²) < 4.78 is 0.708. The number of nitro groups is 1. The lowest BCUT2D eigenvalue weighted by Crippen LogP contribution is -2.41. The number of nitrogens with one attached hydrogen (secondary N) is 1. The summed E-state index contributed by atoms with van der Waals surface area (Å²) in [6.07, 6.45) is 0.800. The van der Waals surface area contributed by atoms with Crippen molar-refractivity contribution in [2.75, 3.05) is 6.61 Å². The highest BCUT2D eigenvalue weighted by molar-refractivity contribution is 8.01. The third-order valence-electron chi connectivity index (χ3n) is 4.06. The fraction of sp³-hybridized carbons (Fsp3) is 0.412. The summed E-state index contributed by atoms with van der Waals surface area (Å²) in [6.45, 7) is 5.58. The van der Waals surface area contributed by atoms with E-state index in [4.69, 9.17) is 0 Å². The Balaban J connectivity index is 2.24. The molecule has 7 nitrogen and oxygen atoms in total. The highest BCUT2D eigenvalue weighted by Crippen LogP contribution is 2.36. The van der Waals surface area contributed by atoms with Crippen molar-refractivity contribution in [1.29, 1.82) is 0 Å². The van der Waals surface area contributed by atoms with Crippen LogP contribution in [0, 0.1) is 23.0 Å². The summed E-state index contributed by atoms with van der Waals surface area (Å²) in [5.41, 5.74) is 0.911. The zero-order valence-corrected chi connectivity index (χ0v) is 16.4. The molecule has 0 radical (unpaired) electrons. The van der Waals surface area contributed by atoms with Crippen LogP contribution < -0.4 is 5.32 Å². The van der Waals surface area contributed by atoms with Gasteiger partial charge in [0.1, 0.15) is 0 Å². The minimum Gasteiger partial charge on any atom is -0.394 e. The molecule has 9 heteroatoms. The van der Waals surface area contributed by atoms with Crippen LogP contribution in [0.4, 0.5) is 5.69 Å². The van der Waals surface area contributed by atoms with Gasteiger partial charge in [0.15, 0.2) is 4.34 Å². The van der Waals surface area contributed by atoms with E-state index >= 15 is 0 Å². The van der Waals surface area contributed by atoms with Crippen LogP contribution in [0.1, 0.15) is 36.3 Å². The first-order chi connectivity index (χ1) is 12.3. The zero-order chi connectivity index (χ0) is 19.3. The average Bonchev–Trinajstić information content (AvgIpc) is 3.03. The first-order valence-electron chi connectivity index (χ1n) is 8.15. The number of amides is 1. The van der Waals surface area contributed by atoms with E-state index in [2.05, 4.69) is 10.3 Å². The molecule has 0 saturated carbocycles. The highest BCUT2D eigenvalue weighted by atomic mass is 32.2. The summed E-state index contributed by atoms with van der Waals surface area (Å²) >= 11 is 2.62. The Hall–Kier alpha value is -1.97. The van der Waals surface area contributed by atoms with Crippen molar-refractivity contribution in [3.05, 3.63) is 45.0 Å². The Morgan fingerprint density at radius 1 is 1.50 bits per heavy atom. The molecule has 1 aromatic heterocycles. The number of carbonyl (C=O) groups is 1. The highest BCUT2D eigenvalue weighted by Gasteiger charge is 2.22. The van der Waals surface area contributed by atoms with E-state index in [1.165, 1.54) is 29.2 Å². The first-order valence-corrected chi connectivity index (χ1v) is 9.85. The Labute approximate surface area is 160 Å². The van der Waals surface area contributed by atoms with Crippen LogP contribution in [0.2, 0.25) is 0 Å². The van der Waals surface area contributed by atoms with Crippen LogP contribution in [0.15, 0.2) is 32.8 Å². The molecular weight excluding hydrogens is 374 g/mol. The maximum atomic E-state index is 12.4. The van der Waals surface area contributed by atoms with E-state index in [0.29, 0.717) is 9.24 Å². The smallest absolute Gasteiger partial charge is 0.284 e. The van der Waals surface area contributed by atoms with Crippen LogP contribution in [0.5, 0.6) is 0 Å². The molecule has 0 spiro atoms. The van der Waals surface area contributed by atoms with E-state index in [1.807, 2.05) is 26.2 Å². The lowest BCUT2D eigenvalue weighted by atomic mass is 9.99. The number of rotatable bonds is 8. The van der Waals surface area contributed by atoms with E-state index in [0.717, 1.165) is 12.1 Å². The number of aliphatic hydroxyl groups is 1. The van der Waals surface area contributed by atoms with Crippen molar-refractivity contribution < 1.29 is 14.8 Å². The zero-order valence-electron chi connectivity index (χ0n) is 14.8. The summed E-state index contributed by atoms with van der Waals surface area (Å²) in [4.78, 5) is 28.1. The van der Waals surface area contributed by atoms with Crippen molar-refractivity contribution >= 4 is 34.7 Å². The number of aryl methyl sites for hydroxylation is 1. The minimum absolute atomic E-state index is 0.0990. The number of hydrogen-bond donors (Lipinski definition) is 2. The van der Waals surface area contributed by atoms with Gasteiger partial charge in [0.2, 0.25) is 0 Å². The van der Waals surface area contributed by atoms with Crippen LogP contribution in [0.25, 0.3) is 0 Å². The van der Waals surface area contributed by atoms with E-state index in [1.54, 1.807) is 12.1 Å². The van der Waals surface area contributed by atoms with E-state index < -0.39 is 10.8 Å². The molecule has 0 aliphatic rings. The van der Waals surface area contributed by atoms with Crippen LogP contribution in [-0.4, -0.2) is 33.6 Å². The van der Waals surface area contributed by atoms with Crippen LogP contribution >= 0.6 is 23.1 Å². The molecule has 0 bridgehead atoms. The Kier molecular flexibility index (Phi) is 7.13. The standard InChI is InChI=1S/C17H21N3O4S2/c1-4-10(2)13(8-21)19-16(22)12-5-6-15(14(7-12)20(23)24)26-17-18-11(3)9-25-17/h5-7,9-10,13,21H,4,8H2,1-3H3,(H,19,22)/t10-,13-/m0/s1. The van der Waals surface area contributed by atoms with E-state index in [-0.39, 0.29) is 29.8 Å². The number of thiazole rings is 1. The van der Waals surface area contributed by atoms with Crippen LogP contribution in [0.3, 0.4) is 0 Å². The number of nitro benzene ring substituents is 1. The maximum absolute atomic E-state index is 12.4. The van der Waals surface area contributed by atoms with Crippen LogP contribution in [-0.2, 0) is 0 Å². The molecule has 0 saturated heterocycles. The Morgan fingerprint density at radius 2 is 2.23 bits per heavy atom. The SMILES string of the molecule is CC[C@H](C)[C@H](CO)NC(=O)c1ccc(Sc2nc(C)cs2)c([N+](=O)[O-])c1. The summed E-state index contributed by atoms with van der Waals surface area (Å²) in [5, 5.41) is 25.5. The molecule has 2 atom stereocenters. The van der Waals surface area contributed by atoms with Gasteiger partial charge in [-0.2, -0.15) is 0 Å². The van der Waals surface area contributed by atoms with Crippen molar-refractivity contribution in [3.63, 3.8) is 0 Å². The lowest BCUT2D eigenvalue weighted by Gasteiger charge is -2.22. The third kappa shape index (κ3) is 5.03. The average molecular weight is 396 g/mol. The number of benzene rings is 1. The van der Waals surface area contributed by atoms with Gasteiger partial charge in [-0.25, -0.2) is 4.98 Å². The van der Waals surface area contributed by atoms with Gasteiger partial charge in [0, 0.05) is 22.7 Å². The number of nitrogens with zero attached hydrogens (tertiary/aromatic N) is 2. The summed E-state index contributed by atoms with van der Waals surface area (Å²) in [7, 11) is 0. The quantitative estimate of drug-likeness (QED) is 0.522. The Bertz CT molecular complexity index is 794. The molecule has 2 N–H and O–H groups in total. The molecule has 26 heavy (non-hydrogen) atoms. The van der Waals surface area contributed by atoms with Crippen molar-refractivity contribution in [2.45, 2.75) is 42.5 Å². The van der Waals surface area contributed by atoms with Gasteiger partial charge in [0.05, 0.1) is 22.5 Å². The fourth-order valence-electron chi connectivity index (χ4n) is 2.27. The fourth-order valence-corrected chi connectivity index (χ4v) is 4.14. The molecule has 0 aliphatic heterocycles. The third-order valence-corrected chi connectivity index (χ3v) is 6.18. The first kappa shape index (κ1) is 20.3. The summed E-state index contributed by atoms with van der Waals surface area (Å²) in [6, 6.07) is 3.99. The van der Waals surface area contributed by atoms with Crippen molar-refractivity contribution in [1.82, 2.24) is 10.3 Å².